The fraction of sp³-hybridized carbons (Fsp3) is 0.278. The first kappa shape index (κ1) is 52.9. The molecule has 3 aliphatic rings. The van der Waals surface area contributed by atoms with Crippen LogP contribution in [0.4, 0.5) is 15.4 Å². The molecule has 3 aromatic heterocycles. The number of amides is 3. The third-order valence-electron chi connectivity index (χ3n) is 11.6. The fourth-order valence-electron chi connectivity index (χ4n) is 7.82. The molecule has 0 radical (unpaired) electrons. The summed E-state index contributed by atoms with van der Waals surface area (Å²) in [6, 6.07) is 26.2. The molecule has 0 bridgehead atoms. The van der Waals surface area contributed by atoms with E-state index in [9.17, 15) is 28.8 Å². The number of nitrogens with zero attached hydrogens (tertiary/aromatic N) is 3. The lowest BCUT2D eigenvalue weighted by Crippen LogP contribution is -2.18. The average molecular weight is 1030 g/mol. The molecule has 9 rings (SSSR count). The van der Waals surface area contributed by atoms with Crippen LogP contribution in [-0.4, -0.2) is 91.2 Å². The van der Waals surface area contributed by atoms with Crippen molar-refractivity contribution in [3.8, 4) is 0 Å². The minimum atomic E-state index is -0.290. The Hall–Kier alpha value is -6.93. The van der Waals surface area contributed by atoms with E-state index in [1.54, 1.807) is 30.5 Å². The molecule has 3 aromatic carbocycles. The van der Waals surface area contributed by atoms with Crippen LogP contribution >= 0.6 is 34.0 Å². The van der Waals surface area contributed by atoms with E-state index >= 15 is 0 Å². The van der Waals surface area contributed by atoms with Gasteiger partial charge in [0.05, 0.1) is 22.1 Å². The first-order valence-electron chi connectivity index (χ1n) is 23.5. The first-order valence-corrected chi connectivity index (χ1v) is 26.0. The van der Waals surface area contributed by atoms with Gasteiger partial charge < -0.3 is 14.2 Å². The minimum Gasteiger partial charge on any atom is -0.381 e. The summed E-state index contributed by atoms with van der Waals surface area (Å²) in [7, 11) is 0. The summed E-state index contributed by atoms with van der Waals surface area (Å²) in [6.45, 7) is 4.32. The maximum Gasteiger partial charge on any atom is 0.257 e. The Kier molecular flexibility index (Phi) is 20.7. The second-order valence-corrected chi connectivity index (χ2v) is 19.7. The molecule has 0 aliphatic carbocycles. The van der Waals surface area contributed by atoms with E-state index in [-0.39, 0.29) is 23.6 Å². The van der Waals surface area contributed by atoms with Gasteiger partial charge >= 0.3 is 0 Å². The third-order valence-corrected chi connectivity index (χ3v) is 14.0. The van der Waals surface area contributed by atoms with Crippen LogP contribution in [0.1, 0.15) is 84.9 Å². The Bertz CT molecular complexity index is 2790. The predicted molar refractivity (Wildman–Crippen MR) is 282 cm³/mol. The van der Waals surface area contributed by atoms with Crippen LogP contribution in [0.25, 0.3) is 16.7 Å². The molecule has 72 heavy (non-hydrogen) atoms. The van der Waals surface area contributed by atoms with Crippen molar-refractivity contribution in [1.82, 2.24) is 15.0 Å². The molecule has 15 nitrogen and oxygen atoms in total. The van der Waals surface area contributed by atoms with Gasteiger partial charge in [-0.1, -0.05) is 126 Å². The lowest BCUT2D eigenvalue weighted by molar-refractivity contribution is -0.111. The zero-order valence-corrected chi connectivity index (χ0v) is 41.8. The van der Waals surface area contributed by atoms with E-state index in [1.807, 2.05) is 78.2 Å². The smallest absolute Gasteiger partial charge is 0.257 e. The highest BCUT2D eigenvalue weighted by Crippen LogP contribution is 2.29. The molecule has 372 valence electrons. The van der Waals surface area contributed by atoms with Gasteiger partial charge in [0, 0.05) is 73.5 Å². The SMILES string of the molecule is O=C(Nc1nccs1)/C(=C/C1CCOCC1)c1ccccc1.O=Cc1ccc(/C(=C\C2CCOCC2)C(=O)Nc2ncc(C=O)s2)cc1.O=Cc1cnc(NC(=O)/C(=C/C2CCOCC2)c2ccccc2)s1. The van der Waals surface area contributed by atoms with Gasteiger partial charge in [-0.2, -0.15) is 0 Å². The largest absolute Gasteiger partial charge is 0.381 e. The number of benzene rings is 3. The summed E-state index contributed by atoms with van der Waals surface area (Å²) in [4.78, 5) is 83.8. The molecule has 0 saturated carbocycles. The molecule has 0 atom stereocenters. The molecule has 18 heteroatoms. The Morgan fingerprint density at radius 1 is 0.472 bits per heavy atom. The molecule has 3 N–H and O–H groups in total. The summed E-state index contributed by atoms with van der Waals surface area (Å²) in [5, 5.41) is 11.7. The van der Waals surface area contributed by atoms with E-state index in [1.165, 1.54) is 23.7 Å². The van der Waals surface area contributed by atoms with E-state index < -0.39 is 0 Å². The minimum absolute atomic E-state index is 0.104. The van der Waals surface area contributed by atoms with Crippen LogP contribution in [0.15, 0.2) is 127 Å². The second-order valence-electron chi connectivity index (χ2n) is 16.6. The second kappa shape index (κ2) is 28.2. The molecule has 0 spiro atoms. The van der Waals surface area contributed by atoms with Gasteiger partial charge in [-0.25, -0.2) is 15.0 Å². The molecular formula is C54H54N6O9S3. The summed E-state index contributed by atoms with van der Waals surface area (Å²) in [6.07, 6.45) is 18.3. The van der Waals surface area contributed by atoms with Gasteiger partial charge in [-0.05, 0) is 73.0 Å². The average Bonchev–Trinajstić information content (AvgIpc) is 4.24. The van der Waals surface area contributed by atoms with Crippen molar-refractivity contribution in [2.45, 2.75) is 38.5 Å². The van der Waals surface area contributed by atoms with E-state index in [2.05, 4.69) is 37.0 Å². The van der Waals surface area contributed by atoms with E-state index in [0.717, 1.165) is 117 Å². The van der Waals surface area contributed by atoms with E-state index in [4.69, 9.17) is 14.2 Å². The topological polar surface area (TPSA) is 205 Å². The Balaban J connectivity index is 0.000000159. The van der Waals surface area contributed by atoms with Crippen LogP contribution in [-0.2, 0) is 28.6 Å². The van der Waals surface area contributed by atoms with E-state index in [0.29, 0.717) is 78.8 Å². The first-order chi connectivity index (χ1) is 35.3. The van der Waals surface area contributed by atoms with Gasteiger partial charge in [0.2, 0.25) is 0 Å². The molecule has 3 aliphatic heterocycles. The number of aldehydes is 3. The number of carbonyl (C=O) groups excluding carboxylic acids is 6. The molecule has 3 saturated heterocycles. The Labute approximate surface area is 429 Å². The van der Waals surface area contributed by atoms with Crippen molar-refractivity contribution in [2.75, 3.05) is 55.6 Å². The molecule has 6 aromatic rings. The summed E-state index contributed by atoms with van der Waals surface area (Å²) >= 11 is 3.70. The molecule has 3 fully saturated rings. The Morgan fingerprint density at radius 2 is 0.847 bits per heavy atom. The fourth-order valence-corrected chi connectivity index (χ4v) is 9.59. The zero-order chi connectivity index (χ0) is 50.3. The molecule has 6 heterocycles. The number of hydrogen-bond donors (Lipinski definition) is 3. The van der Waals surface area contributed by atoms with Crippen LogP contribution < -0.4 is 16.0 Å². The van der Waals surface area contributed by atoms with Gasteiger partial charge in [-0.3, -0.25) is 44.7 Å². The third kappa shape index (κ3) is 16.3. The normalized spacial score (nSPS) is 15.9. The van der Waals surface area contributed by atoms with Crippen molar-refractivity contribution in [3.63, 3.8) is 0 Å². The number of aromatic nitrogens is 3. The van der Waals surface area contributed by atoms with Gasteiger partial charge in [-0.15, -0.1) is 11.3 Å². The lowest BCUT2D eigenvalue weighted by atomic mass is 9.93. The number of rotatable bonds is 15. The van der Waals surface area contributed by atoms with Crippen LogP contribution in [0.3, 0.4) is 0 Å². The maximum absolute atomic E-state index is 12.8. The lowest BCUT2D eigenvalue weighted by Gasteiger charge is -2.20. The molecule has 3 amide bonds. The van der Waals surface area contributed by atoms with Crippen LogP contribution in [0, 0.1) is 17.8 Å². The monoisotopic (exact) mass is 1030 g/mol. The summed E-state index contributed by atoms with van der Waals surface area (Å²) < 4.78 is 16.2. The summed E-state index contributed by atoms with van der Waals surface area (Å²) in [5.41, 5.74) is 4.95. The van der Waals surface area contributed by atoms with Crippen molar-refractivity contribution in [1.29, 1.82) is 0 Å². The summed E-state index contributed by atoms with van der Waals surface area (Å²) in [5.74, 6) is 0.346. The number of hydrogen-bond acceptors (Lipinski definition) is 15. The van der Waals surface area contributed by atoms with Crippen LogP contribution in [0.5, 0.6) is 0 Å². The van der Waals surface area contributed by atoms with Gasteiger partial charge in [0.1, 0.15) is 6.29 Å². The number of allylic oxidation sites excluding steroid dienone is 3. The standard InChI is InChI=1S/C19H18N2O4S.C18H18N2O3S.C17H18N2O2S/c22-11-14-1-3-15(4-2-14)17(9-13-5-7-25-8-6-13)18(24)21-19-20-10-16(12-23)26-19;21-12-15-11-19-18(24-15)20-17(22)16(14-4-2-1-3-5-14)10-13-6-8-23-9-7-13;20-16(19-17-18-8-11-22-17)15(14-4-2-1-3-5-14)12-13-6-9-21-10-7-13/h1-4,9-13H,5-8H2,(H,20,21,24);1-5,10-13H,6-9H2,(H,19,20,22);1-5,8,11-13H,6-7,9-10H2,(H,18,19,20)/b17-9+;16-10+;15-12+. The number of ether oxygens (including phenoxy) is 3. The van der Waals surface area contributed by atoms with Crippen LogP contribution in [0.2, 0.25) is 0 Å². The van der Waals surface area contributed by atoms with Gasteiger partial charge in [0.25, 0.3) is 17.7 Å². The number of anilines is 3. The predicted octanol–water partition coefficient (Wildman–Crippen LogP) is 10.2. The van der Waals surface area contributed by atoms with Crippen molar-refractivity contribution >= 4 is 103 Å². The number of nitrogens with one attached hydrogen (secondary N) is 3. The molecule has 0 unspecified atom stereocenters. The Morgan fingerprint density at radius 3 is 1.18 bits per heavy atom. The highest BCUT2D eigenvalue weighted by Gasteiger charge is 2.22. The number of carbonyl (C=O) groups is 6. The van der Waals surface area contributed by atoms with Crippen molar-refractivity contribution in [3.05, 3.63) is 159 Å². The molecular weight excluding hydrogens is 973 g/mol. The van der Waals surface area contributed by atoms with Crippen molar-refractivity contribution in [2.24, 2.45) is 17.8 Å². The zero-order valence-electron chi connectivity index (χ0n) is 39.3. The quantitative estimate of drug-likeness (QED) is 0.0649. The number of thiazole rings is 3. The maximum atomic E-state index is 12.8. The highest BCUT2D eigenvalue weighted by molar-refractivity contribution is 7.17. The van der Waals surface area contributed by atoms with Crippen molar-refractivity contribution < 1.29 is 43.0 Å². The van der Waals surface area contributed by atoms with Gasteiger partial charge in [0.15, 0.2) is 28.0 Å². The highest BCUT2D eigenvalue weighted by atomic mass is 32.1.